The molecule has 0 saturated heterocycles. The second kappa shape index (κ2) is 11.5. The molecule has 10 nitrogen and oxygen atoms in total. The Bertz CT molecular complexity index is 1040. The molecule has 0 aliphatic heterocycles. The first-order chi connectivity index (χ1) is 15.2. The van der Waals surface area contributed by atoms with Crippen LogP contribution in [-0.4, -0.2) is 49.2 Å². The molecule has 0 radical (unpaired) electrons. The third kappa shape index (κ3) is 5.98. The molecule has 0 spiro atoms. The highest BCUT2D eigenvalue weighted by molar-refractivity contribution is 7.99. The van der Waals surface area contributed by atoms with Gasteiger partial charge in [-0.25, -0.2) is 4.79 Å². The van der Waals surface area contributed by atoms with E-state index in [-0.39, 0.29) is 46.2 Å². The second-order valence-corrected chi connectivity index (χ2v) is 8.37. The lowest BCUT2D eigenvalue weighted by molar-refractivity contribution is -0.385. The minimum atomic E-state index is -0.620. The van der Waals surface area contributed by atoms with E-state index in [1.165, 1.54) is 38.1 Å². The van der Waals surface area contributed by atoms with Crippen molar-refractivity contribution in [3.05, 3.63) is 49.9 Å². The van der Waals surface area contributed by atoms with Gasteiger partial charge in [-0.2, -0.15) is 0 Å². The minimum Gasteiger partial charge on any atom is -0.490 e. The van der Waals surface area contributed by atoms with Crippen molar-refractivity contribution in [3.63, 3.8) is 0 Å². The van der Waals surface area contributed by atoms with Crippen molar-refractivity contribution in [2.45, 2.75) is 19.6 Å². The zero-order valence-electron chi connectivity index (χ0n) is 18.0. The zero-order chi connectivity index (χ0) is 23.8. The summed E-state index contributed by atoms with van der Waals surface area (Å²) in [5.41, 5.74) is 1.10. The van der Waals surface area contributed by atoms with Crippen LogP contribution in [0.5, 0.6) is 5.75 Å². The van der Waals surface area contributed by atoms with E-state index < -0.39 is 10.9 Å². The van der Waals surface area contributed by atoms with Crippen molar-refractivity contribution in [3.8, 4) is 5.75 Å². The van der Waals surface area contributed by atoms with Crippen LogP contribution in [0, 0.1) is 17.0 Å². The molecule has 0 atom stereocenters. The molecule has 1 heterocycles. The van der Waals surface area contributed by atoms with Crippen LogP contribution in [-0.2, 0) is 15.3 Å². The number of amides is 2. The molecule has 0 fully saturated rings. The first-order valence-electron chi connectivity index (χ1n) is 9.44. The normalized spacial score (nSPS) is 10.4. The summed E-state index contributed by atoms with van der Waals surface area (Å²) < 4.78 is 10.0. The molecule has 2 amide bonds. The number of nitro benzene ring substituents is 1. The number of nitrogens with one attached hydrogen (secondary N) is 2. The van der Waals surface area contributed by atoms with Gasteiger partial charge in [0.05, 0.1) is 34.8 Å². The number of thiophene rings is 1. The number of nitro groups is 1. The number of anilines is 1. The van der Waals surface area contributed by atoms with Gasteiger partial charge in [-0.1, -0.05) is 6.07 Å². The molecule has 0 bridgehead atoms. The summed E-state index contributed by atoms with van der Waals surface area (Å²) in [5.74, 6) is -0.815. The largest absolute Gasteiger partial charge is 0.490 e. The topological polar surface area (TPSA) is 137 Å². The average Bonchev–Trinajstić information content (AvgIpc) is 3.08. The van der Waals surface area contributed by atoms with Gasteiger partial charge in [0.2, 0.25) is 5.91 Å². The summed E-state index contributed by atoms with van der Waals surface area (Å²) in [5, 5.41) is 16.6. The molecule has 0 aliphatic rings. The molecule has 2 aromatic rings. The fourth-order valence-electron chi connectivity index (χ4n) is 2.77. The number of hydrogen-bond acceptors (Lipinski definition) is 9. The number of nitrogens with zero attached hydrogens (tertiary/aromatic N) is 1. The predicted molar refractivity (Wildman–Crippen MR) is 123 cm³/mol. The quantitative estimate of drug-likeness (QED) is 0.299. The van der Waals surface area contributed by atoms with E-state index in [1.807, 2.05) is 0 Å². The maximum atomic E-state index is 12.5. The summed E-state index contributed by atoms with van der Waals surface area (Å²) in [7, 11) is 2.83. The van der Waals surface area contributed by atoms with Gasteiger partial charge in [-0.15, -0.1) is 23.1 Å². The molecule has 1 aromatic carbocycles. The number of benzene rings is 1. The first kappa shape index (κ1) is 25.1. The molecule has 0 aliphatic carbocycles. The Balaban J connectivity index is 2.10. The summed E-state index contributed by atoms with van der Waals surface area (Å²) in [6.45, 7) is 3.44. The number of methoxy groups -OCH3 is 1. The molecular formula is C20H23N3O7S2. The average molecular weight is 482 g/mol. The van der Waals surface area contributed by atoms with Crippen LogP contribution >= 0.6 is 23.1 Å². The van der Waals surface area contributed by atoms with E-state index >= 15 is 0 Å². The number of esters is 1. The van der Waals surface area contributed by atoms with Gasteiger partial charge in [-0.05, 0) is 31.0 Å². The fourth-order valence-corrected chi connectivity index (χ4v) is 4.71. The Morgan fingerprint density at radius 2 is 2.00 bits per heavy atom. The van der Waals surface area contributed by atoms with E-state index in [0.29, 0.717) is 21.8 Å². The highest BCUT2D eigenvalue weighted by atomic mass is 32.2. The van der Waals surface area contributed by atoms with Crippen molar-refractivity contribution in [2.24, 2.45) is 0 Å². The van der Waals surface area contributed by atoms with E-state index in [2.05, 4.69) is 10.6 Å². The zero-order valence-corrected chi connectivity index (χ0v) is 19.6. The van der Waals surface area contributed by atoms with Gasteiger partial charge in [0, 0.05) is 18.9 Å². The molecule has 172 valence electrons. The maximum Gasteiger partial charge on any atom is 0.341 e. The van der Waals surface area contributed by atoms with E-state index in [1.54, 1.807) is 19.9 Å². The van der Waals surface area contributed by atoms with Crippen LogP contribution in [0.3, 0.4) is 0 Å². The van der Waals surface area contributed by atoms with Crippen molar-refractivity contribution in [1.29, 1.82) is 0 Å². The standard InChI is InChI=1S/C20H23N3O7S2/c1-5-30-20(26)16-11(2)17(18(25)21-3)32-19(16)22-15(24)10-31-9-12-6-7-14(29-4)13(8-12)23(27)28/h6-8H,5,9-10H2,1-4H3,(H,21,25)(H,22,24). The fraction of sp³-hybridized carbons (Fsp3) is 0.350. The number of carbonyl (C=O) groups excluding carboxylic acids is 3. The molecule has 32 heavy (non-hydrogen) atoms. The van der Waals surface area contributed by atoms with Crippen molar-refractivity contribution in [2.75, 3.05) is 31.8 Å². The summed E-state index contributed by atoms with van der Waals surface area (Å²) in [6, 6.07) is 4.60. The Morgan fingerprint density at radius 3 is 2.59 bits per heavy atom. The lowest BCUT2D eigenvalue weighted by atomic mass is 10.1. The van der Waals surface area contributed by atoms with Gasteiger partial charge in [0.15, 0.2) is 5.75 Å². The molecule has 0 unspecified atom stereocenters. The van der Waals surface area contributed by atoms with Crippen LogP contribution in [0.15, 0.2) is 18.2 Å². The van der Waals surface area contributed by atoms with Gasteiger partial charge in [-0.3, -0.25) is 19.7 Å². The van der Waals surface area contributed by atoms with Crippen LogP contribution in [0.2, 0.25) is 0 Å². The Hall–Kier alpha value is -3.12. The summed E-state index contributed by atoms with van der Waals surface area (Å²) in [6.07, 6.45) is 0. The van der Waals surface area contributed by atoms with Crippen LogP contribution in [0.25, 0.3) is 0 Å². The lowest BCUT2D eigenvalue weighted by Crippen LogP contribution is -2.18. The smallest absolute Gasteiger partial charge is 0.341 e. The third-order valence-electron chi connectivity index (χ3n) is 4.25. The molecule has 0 saturated carbocycles. The first-order valence-corrected chi connectivity index (χ1v) is 11.4. The monoisotopic (exact) mass is 481 g/mol. The molecular weight excluding hydrogens is 458 g/mol. The molecule has 12 heteroatoms. The van der Waals surface area contributed by atoms with Gasteiger partial charge in [0.25, 0.3) is 5.91 Å². The van der Waals surface area contributed by atoms with E-state index in [0.717, 1.165) is 11.3 Å². The Labute approximate surface area is 192 Å². The van der Waals surface area contributed by atoms with E-state index in [9.17, 15) is 24.5 Å². The van der Waals surface area contributed by atoms with E-state index in [4.69, 9.17) is 9.47 Å². The number of thioether (sulfide) groups is 1. The number of ether oxygens (including phenoxy) is 2. The van der Waals surface area contributed by atoms with Gasteiger partial charge >= 0.3 is 11.7 Å². The van der Waals surface area contributed by atoms with Crippen LogP contribution in [0.4, 0.5) is 10.7 Å². The predicted octanol–water partition coefficient (Wildman–Crippen LogP) is 3.38. The lowest BCUT2D eigenvalue weighted by Gasteiger charge is -2.08. The van der Waals surface area contributed by atoms with Crippen molar-refractivity contribution in [1.82, 2.24) is 5.32 Å². The second-order valence-electron chi connectivity index (χ2n) is 6.36. The highest BCUT2D eigenvalue weighted by Gasteiger charge is 2.26. The minimum absolute atomic E-state index is 0.0361. The maximum absolute atomic E-state index is 12.5. The number of rotatable bonds is 10. The third-order valence-corrected chi connectivity index (χ3v) is 6.46. The van der Waals surface area contributed by atoms with Crippen LogP contribution in [0.1, 0.15) is 38.1 Å². The number of hydrogen-bond donors (Lipinski definition) is 2. The van der Waals surface area contributed by atoms with Crippen molar-refractivity contribution >= 4 is 51.6 Å². The highest BCUT2D eigenvalue weighted by Crippen LogP contribution is 2.34. The van der Waals surface area contributed by atoms with Gasteiger partial charge < -0.3 is 20.1 Å². The van der Waals surface area contributed by atoms with Crippen LogP contribution < -0.4 is 15.4 Å². The van der Waals surface area contributed by atoms with Crippen molar-refractivity contribution < 1.29 is 28.8 Å². The molecule has 1 aromatic heterocycles. The SMILES string of the molecule is CCOC(=O)c1c(NC(=O)CSCc2ccc(OC)c([N+](=O)[O-])c2)sc(C(=O)NC)c1C. The Kier molecular flexibility index (Phi) is 9.02. The van der Waals surface area contributed by atoms with Gasteiger partial charge in [0.1, 0.15) is 5.00 Å². The molecule has 2 rings (SSSR count). The summed E-state index contributed by atoms with van der Waals surface area (Å²) >= 11 is 2.25. The molecule has 2 N–H and O–H groups in total. The Morgan fingerprint density at radius 1 is 1.28 bits per heavy atom. The number of carbonyl (C=O) groups is 3. The summed E-state index contributed by atoms with van der Waals surface area (Å²) in [4.78, 5) is 47.8.